The number of amides is 2. The van der Waals surface area contributed by atoms with Gasteiger partial charge in [-0.1, -0.05) is 17.7 Å². The molecule has 0 saturated carbocycles. The lowest BCUT2D eigenvalue weighted by Crippen LogP contribution is -2.23. The molecule has 0 aliphatic rings. The normalized spacial score (nSPS) is 10.4. The van der Waals surface area contributed by atoms with Crippen molar-refractivity contribution in [2.45, 2.75) is 13.5 Å². The molecule has 2 aromatic heterocycles. The number of anilines is 1. The molecule has 6 nitrogen and oxygen atoms in total. The summed E-state index contributed by atoms with van der Waals surface area (Å²) in [5, 5.41) is 6.05. The van der Waals surface area contributed by atoms with E-state index in [1.54, 1.807) is 30.3 Å². The van der Waals surface area contributed by atoms with Gasteiger partial charge in [0, 0.05) is 23.1 Å². The van der Waals surface area contributed by atoms with E-state index in [0.29, 0.717) is 16.5 Å². The van der Waals surface area contributed by atoms with Crippen LogP contribution in [0.2, 0.25) is 5.02 Å². The van der Waals surface area contributed by atoms with Gasteiger partial charge >= 0.3 is 0 Å². The number of rotatable bonds is 5. The summed E-state index contributed by atoms with van der Waals surface area (Å²) in [6.07, 6.45) is 4.34. The zero-order valence-electron chi connectivity index (χ0n) is 14.0. The second-order valence-electron chi connectivity index (χ2n) is 5.59. The van der Waals surface area contributed by atoms with Crippen molar-refractivity contribution in [3.63, 3.8) is 0 Å². The minimum Gasteiger partial charge on any atom is -0.467 e. The topological polar surface area (TPSA) is 84.2 Å². The van der Waals surface area contributed by atoms with Gasteiger partial charge in [-0.05, 0) is 42.8 Å². The Balaban J connectivity index is 1.70. The lowest BCUT2D eigenvalue weighted by molar-refractivity contribution is 0.0947. The molecule has 0 aliphatic carbocycles. The van der Waals surface area contributed by atoms with Crippen molar-refractivity contribution in [3.05, 3.63) is 82.5 Å². The summed E-state index contributed by atoms with van der Waals surface area (Å²) in [7, 11) is 0. The Labute approximate surface area is 155 Å². The molecule has 0 aliphatic heterocycles. The van der Waals surface area contributed by atoms with E-state index in [4.69, 9.17) is 16.0 Å². The molecule has 1 aromatic carbocycles. The molecule has 0 radical (unpaired) electrons. The van der Waals surface area contributed by atoms with Gasteiger partial charge in [-0.2, -0.15) is 0 Å². The Morgan fingerprint density at radius 1 is 1.12 bits per heavy atom. The molecule has 2 amide bonds. The van der Waals surface area contributed by atoms with E-state index in [0.717, 1.165) is 5.56 Å². The number of pyridine rings is 1. The molecule has 3 rings (SSSR count). The van der Waals surface area contributed by atoms with Crippen molar-refractivity contribution in [2.24, 2.45) is 0 Å². The Morgan fingerprint density at radius 3 is 2.62 bits per heavy atom. The second-order valence-corrected chi connectivity index (χ2v) is 6.00. The van der Waals surface area contributed by atoms with Crippen LogP contribution in [0.5, 0.6) is 0 Å². The number of furan rings is 1. The monoisotopic (exact) mass is 369 g/mol. The van der Waals surface area contributed by atoms with Crippen molar-refractivity contribution < 1.29 is 14.0 Å². The first-order valence-electron chi connectivity index (χ1n) is 7.86. The van der Waals surface area contributed by atoms with Crippen molar-refractivity contribution in [1.82, 2.24) is 10.3 Å². The molecule has 0 saturated heterocycles. The van der Waals surface area contributed by atoms with E-state index in [9.17, 15) is 9.59 Å². The predicted octanol–water partition coefficient (Wildman–Crippen LogP) is 3.82. The molecule has 132 valence electrons. The summed E-state index contributed by atoms with van der Waals surface area (Å²) in [5.74, 6) is -0.0809. The van der Waals surface area contributed by atoms with Crippen molar-refractivity contribution in [3.8, 4) is 0 Å². The number of halogens is 1. The molecular formula is C19H16ClN3O3. The van der Waals surface area contributed by atoms with Crippen molar-refractivity contribution in [2.75, 3.05) is 5.32 Å². The van der Waals surface area contributed by atoms with Gasteiger partial charge in [0.15, 0.2) is 0 Å². The fourth-order valence-corrected chi connectivity index (χ4v) is 2.48. The molecule has 26 heavy (non-hydrogen) atoms. The van der Waals surface area contributed by atoms with Crippen LogP contribution < -0.4 is 10.6 Å². The first-order chi connectivity index (χ1) is 12.5. The maximum absolute atomic E-state index is 12.5. The minimum absolute atomic E-state index is 0.254. The van der Waals surface area contributed by atoms with Gasteiger partial charge < -0.3 is 15.1 Å². The molecule has 7 heteroatoms. The third kappa shape index (κ3) is 4.10. The number of nitrogens with zero attached hydrogens (tertiary/aromatic N) is 1. The minimum atomic E-state index is -0.372. The first kappa shape index (κ1) is 17.7. The summed E-state index contributed by atoms with van der Waals surface area (Å²) in [6, 6.07) is 10.2. The number of carbonyl (C=O) groups is 2. The number of hydrogen-bond acceptors (Lipinski definition) is 4. The zero-order chi connectivity index (χ0) is 18.5. The average molecular weight is 370 g/mol. The number of nitrogens with one attached hydrogen (secondary N) is 2. The van der Waals surface area contributed by atoms with Crippen LogP contribution >= 0.6 is 11.6 Å². The standard InChI is InChI=1S/C19H16ClN3O3/c1-12-16(20)5-2-6-17(12)23-19(25)14-8-13(9-21-10-14)18(24)22-11-15-4-3-7-26-15/h2-10H,11H2,1H3,(H,22,24)(H,23,25). The van der Waals surface area contributed by atoms with Gasteiger partial charge in [0.05, 0.1) is 23.9 Å². The fourth-order valence-electron chi connectivity index (χ4n) is 2.31. The summed E-state index contributed by atoms with van der Waals surface area (Å²) >= 11 is 6.06. The van der Waals surface area contributed by atoms with Crippen molar-refractivity contribution >= 4 is 29.1 Å². The number of carbonyl (C=O) groups excluding carboxylic acids is 2. The molecule has 2 heterocycles. The number of hydrogen-bond donors (Lipinski definition) is 2. The molecule has 0 unspecified atom stereocenters. The van der Waals surface area contributed by atoms with Crippen LogP contribution in [0, 0.1) is 6.92 Å². The molecule has 0 fully saturated rings. The largest absolute Gasteiger partial charge is 0.467 e. The highest BCUT2D eigenvalue weighted by atomic mass is 35.5. The van der Waals surface area contributed by atoms with Gasteiger partial charge in [0.2, 0.25) is 0 Å². The van der Waals surface area contributed by atoms with Crippen molar-refractivity contribution in [1.29, 1.82) is 0 Å². The summed E-state index contributed by atoms with van der Waals surface area (Å²) in [4.78, 5) is 28.7. The van der Waals surface area contributed by atoms with Crippen LogP contribution in [0.4, 0.5) is 5.69 Å². The van der Waals surface area contributed by atoms with Crippen LogP contribution in [0.3, 0.4) is 0 Å². The second kappa shape index (κ2) is 7.84. The van der Waals surface area contributed by atoms with Gasteiger partial charge in [0.1, 0.15) is 5.76 Å². The molecule has 2 N–H and O–H groups in total. The molecular weight excluding hydrogens is 354 g/mol. The molecule has 3 aromatic rings. The van der Waals surface area contributed by atoms with E-state index in [1.807, 2.05) is 6.92 Å². The van der Waals surface area contributed by atoms with Gasteiger partial charge in [-0.15, -0.1) is 0 Å². The lowest BCUT2D eigenvalue weighted by Gasteiger charge is -2.10. The Hall–Kier alpha value is -3.12. The van der Waals surface area contributed by atoms with Crippen LogP contribution in [-0.4, -0.2) is 16.8 Å². The highest BCUT2D eigenvalue weighted by molar-refractivity contribution is 6.31. The molecule has 0 spiro atoms. The fraction of sp³-hybridized carbons (Fsp3) is 0.105. The maximum atomic E-state index is 12.5. The SMILES string of the molecule is Cc1c(Cl)cccc1NC(=O)c1cncc(C(=O)NCc2ccco2)c1. The Morgan fingerprint density at radius 2 is 1.88 bits per heavy atom. The Bertz CT molecular complexity index is 939. The summed E-state index contributed by atoms with van der Waals surface area (Å²) < 4.78 is 5.16. The quantitative estimate of drug-likeness (QED) is 0.716. The zero-order valence-corrected chi connectivity index (χ0v) is 14.7. The van der Waals surface area contributed by atoms with E-state index in [1.165, 1.54) is 24.7 Å². The van der Waals surface area contributed by atoms with Gasteiger partial charge in [-0.3, -0.25) is 14.6 Å². The van der Waals surface area contributed by atoms with Crippen LogP contribution in [0.15, 0.2) is 59.5 Å². The highest BCUT2D eigenvalue weighted by Crippen LogP contribution is 2.23. The summed E-state index contributed by atoms with van der Waals surface area (Å²) in [6.45, 7) is 2.07. The van der Waals surface area contributed by atoms with E-state index in [2.05, 4.69) is 15.6 Å². The van der Waals surface area contributed by atoms with Gasteiger partial charge in [0.25, 0.3) is 11.8 Å². The first-order valence-corrected chi connectivity index (χ1v) is 8.24. The average Bonchev–Trinajstić information content (AvgIpc) is 3.17. The smallest absolute Gasteiger partial charge is 0.257 e. The molecule has 0 bridgehead atoms. The number of aromatic nitrogens is 1. The van der Waals surface area contributed by atoms with Crippen LogP contribution in [0.25, 0.3) is 0 Å². The van der Waals surface area contributed by atoms with Crippen LogP contribution in [-0.2, 0) is 6.54 Å². The van der Waals surface area contributed by atoms with Crippen LogP contribution in [0.1, 0.15) is 32.0 Å². The summed E-state index contributed by atoms with van der Waals surface area (Å²) in [5.41, 5.74) is 1.93. The highest BCUT2D eigenvalue weighted by Gasteiger charge is 2.13. The van der Waals surface area contributed by atoms with E-state index >= 15 is 0 Å². The Kier molecular flexibility index (Phi) is 5.34. The lowest BCUT2D eigenvalue weighted by atomic mass is 10.1. The van der Waals surface area contributed by atoms with E-state index < -0.39 is 0 Å². The number of benzene rings is 1. The third-order valence-electron chi connectivity index (χ3n) is 3.78. The van der Waals surface area contributed by atoms with Gasteiger partial charge in [-0.25, -0.2) is 0 Å². The molecule has 0 atom stereocenters. The van der Waals surface area contributed by atoms with E-state index in [-0.39, 0.29) is 29.5 Å². The maximum Gasteiger partial charge on any atom is 0.257 e. The predicted molar refractivity (Wildman–Crippen MR) is 98.3 cm³/mol. The third-order valence-corrected chi connectivity index (χ3v) is 4.19.